The Kier molecular flexibility index (Phi) is 3.23. The average molecular weight is 249 g/mol. The van der Waals surface area contributed by atoms with E-state index in [1.165, 1.54) is 4.90 Å². The van der Waals surface area contributed by atoms with Crippen LogP contribution in [0.15, 0.2) is 24.3 Å². The minimum absolute atomic E-state index is 0.157. The minimum Gasteiger partial charge on any atom is -0.497 e. The summed E-state index contributed by atoms with van der Waals surface area (Å²) in [4.78, 5) is 24.3. The molecule has 2 atom stereocenters. The zero-order valence-electron chi connectivity index (χ0n) is 10.3. The molecule has 5 heteroatoms. The van der Waals surface area contributed by atoms with Crippen LogP contribution in [0, 0.1) is 11.8 Å². The summed E-state index contributed by atoms with van der Waals surface area (Å²) in [6, 6.07) is 7.12. The van der Waals surface area contributed by atoms with Crippen molar-refractivity contribution >= 4 is 17.6 Å². The van der Waals surface area contributed by atoms with Crippen molar-refractivity contribution in [1.82, 2.24) is 0 Å². The molecule has 0 aromatic heterocycles. The van der Waals surface area contributed by atoms with Gasteiger partial charge in [0.05, 0.1) is 18.9 Å². The van der Waals surface area contributed by atoms with Crippen LogP contribution in [0.2, 0.25) is 0 Å². The van der Waals surface area contributed by atoms with Gasteiger partial charge >= 0.3 is 5.97 Å². The van der Waals surface area contributed by atoms with E-state index in [4.69, 9.17) is 9.84 Å². The summed E-state index contributed by atoms with van der Waals surface area (Å²) in [5.41, 5.74) is 0.704. The van der Waals surface area contributed by atoms with Gasteiger partial charge in [0.1, 0.15) is 5.75 Å². The molecule has 1 N–H and O–H groups in total. The molecule has 1 aliphatic carbocycles. The second-order valence-corrected chi connectivity index (χ2v) is 4.39. The molecule has 0 heterocycles. The van der Waals surface area contributed by atoms with E-state index in [9.17, 15) is 9.59 Å². The van der Waals surface area contributed by atoms with Gasteiger partial charge in [-0.05, 0) is 18.6 Å². The summed E-state index contributed by atoms with van der Waals surface area (Å²) in [5, 5.41) is 8.82. The summed E-state index contributed by atoms with van der Waals surface area (Å²) in [7, 11) is 3.20. The Hall–Kier alpha value is -2.04. The monoisotopic (exact) mass is 249 g/mol. The molecule has 0 bridgehead atoms. The third-order valence-electron chi connectivity index (χ3n) is 3.20. The Balaban J connectivity index is 2.09. The van der Waals surface area contributed by atoms with Crippen LogP contribution >= 0.6 is 0 Å². The number of hydrogen-bond donors (Lipinski definition) is 1. The van der Waals surface area contributed by atoms with Crippen LogP contribution in [0.25, 0.3) is 0 Å². The number of nitrogens with zero attached hydrogens (tertiary/aromatic N) is 1. The van der Waals surface area contributed by atoms with E-state index < -0.39 is 17.8 Å². The fraction of sp³-hybridized carbons (Fsp3) is 0.385. The number of aliphatic carboxylic acids is 1. The molecular weight excluding hydrogens is 234 g/mol. The minimum atomic E-state index is -0.896. The van der Waals surface area contributed by atoms with Gasteiger partial charge in [-0.3, -0.25) is 9.59 Å². The van der Waals surface area contributed by atoms with Gasteiger partial charge < -0.3 is 14.7 Å². The maximum absolute atomic E-state index is 12.0. The van der Waals surface area contributed by atoms with Crippen LogP contribution in [0.1, 0.15) is 6.42 Å². The second kappa shape index (κ2) is 4.68. The molecule has 0 unspecified atom stereocenters. The number of anilines is 1. The molecule has 0 radical (unpaired) electrons. The lowest BCUT2D eigenvalue weighted by Crippen LogP contribution is -2.29. The number of carboxylic acid groups (broad SMARTS) is 1. The fourth-order valence-corrected chi connectivity index (χ4v) is 1.94. The molecule has 0 saturated heterocycles. The van der Waals surface area contributed by atoms with Crippen molar-refractivity contribution in [3.63, 3.8) is 0 Å². The topological polar surface area (TPSA) is 66.8 Å². The van der Waals surface area contributed by atoms with E-state index in [1.54, 1.807) is 38.4 Å². The van der Waals surface area contributed by atoms with E-state index in [2.05, 4.69) is 0 Å². The van der Waals surface area contributed by atoms with Gasteiger partial charge in [-0.1, -0.05) is 6.07 Å². The van der Waals surface area contributed by atoms with Crippen LogP contribution < -0.4 is 9.64 Å². The van der Waals surface area contributed by atoms with Crippen molar-refractivity contribution < 1.29 is 19.4 Å². The quantitative estimate of drug-likeness (QED) is 0.875. The highest BCUT2D eigenvalue weighted by molar-refractivity contribution is 5.99. The molecule has 1 aliphatic rings. The van der Waals surface area contributed by atoms with Crippen molar-refractivity contribution in [1.29, 1.82) is 0 Å². The van der Waals surface area contributed by atoms with Gasteiger partial charge in [0.25, 0.3) is 0 Å². The van der Waals surface area contributed by atoms with Crippen LogP contribution in [-0.4, -0.2) is 31.1 Å². The smallest absolute Gasteiger partial charge is 0.307 e. The molecule has 5 nitrogen and oxygen atoms in total. The second-order valence-electron chi connectivity index (χ2n) is 4.39. The Morgan fingerprint density at radius 1 is 1.39 bits per heavy atom. The van der Waals surface area contributed by atoms with Crippen LogP contribution in [0.4, 0.5) is 5.69 Å². The van der Waals surface area contributed by atoms with E-state index in [0.717, 1.165) is 0 Å². The van der Waals surface area contributed by atoms with Crippen LogP contribution in [0.5, 0.6) is 5.75 Å². The first-order valence-electron chi connectivity index (χ1n) is 5.69. The zero-order chi connectivity index (χ0) is 13.3. The highest BCUT2D eigenvalue weighted by Crippen LogP contribution is 2.40. The van der Waals surface area contributed by atoms with Crippen molar-refractivity contribution in [3.8, 4) is 5.75 Å². The number of carbonyl (C=O) groups is 2. The number of hydrogen-bond acceptors (Lipinski definition) is 3. The Labute approximate surface area is 105 Å². The molecule has 1 amide bonds. The zero-order valence-corrected chi connectivity index (χ0v) is 10.3. The SMILES string of the molecule is COc1cccc(N(C)C(=O)[C@@H]2C[C@@H]2C(=O)O)c1. The molecule has 2 rings (SSSR count). The van der Waals surface area contributed by atoms with Gasteiger partial charge in [0.15, 0.2) is 0 Å². The average Bonchev–Trinajstić information content (AvgIpc) is 3.17. The summed E-state index contributed by atoms with van der Waals surface area (Å²) in [6.45, 7) is 0. The lowest BCUT2D eigenvalue weighted by atomic mass is 10.2. The fourth-order valence-electron chi connectivity index (χ4n) is 1.94. The van der Waals surface area contributed by atoms with Gasteiger partial charge in [0, 0.05) is 18.8 Å². The third-order valence-corrected chi connectivity index (χ3v) is 3.20. The Bertz CT molecular complexity index is 486. The molecular formula is C13H15NO4. The maximum Gasteiger partial charge on any atom is 0.307 e. The number of ether oxygens (including phenoxy) is 1. The molecule has 1 aromatic rings. The summed E-state index contributed by atoms with van der Waals surface area (Å²) in [5.74, 6) is -1.30. The lowest BCUT2D eigenvalue weighted by Gasteiger charge is -2.17. The molecule has 1 aromatic carbocycles. The first kappa shape index (κ1) is 12.4. The van der Waals surface area contributed by atoms with Gasteiger partial charge in [-0.2, -0.15) is 0 Å². The van der Waals surface area contributed by atoms with Crippen molar-refractivity contribution in [3.05, 3.63) is 24.3 Å². The standard InChI is InChI=1S/C13H15NO4/c1-14(8-4-3-5-9(6-8)18-2)12(15)10-7-11(10)13(16)17/h3-6,10-11H,7H2,1-2H3,(H,16,17)/t10-,11+/m1/s1. The van der Waals surface area contributed by atoms with E-state index in [1.807, 2.05) is 0 Å². The normalized spacial score (nSPS) is 21.2. The Morgan fingerprint density at radius 3 is 2.67 bits per heavy atom. The highest BCUT2D eigenvalue weighted by Gasteiger charge is 2.49. The van der Waals surface area contributed by atoms with Crippen LogP contribution in [-0.2, 0) is 9.59 Å². The lowest BCUT2D eigenvalue weighted by molar-refractivity contribution is -0.139. The largest absolute Gasteiger partial charge is 0.497 e. The van der Waals surface area contributed by atoms with E-state index >= 15 is 0 Å². The van der Waals surface area contributed by atoms with Crippen molar-refractivity contribution in [2.45, 2.75) is 6.42 Å². The molecule has 18 heavy (non-hydrogen) atoms. The number of rotatable bonds is 4. The van der Waals surface area contributed by atoms with E-state index in [-0.39, 0.29) is 5.91 Å². The molecule has 0 aliphatic heterocycles. The highest BCUT2D eigenvalue weighted by atomic mass is 16.5. The number of carboxylic acids is 1. The number of carbonyl (C=O) groups excluding carboxylic acids is 1. The summed E-state index contributed by atoms with van der Waals surface area (Å²) >= 11 is 0. The Morgan fingerprint density at radius 2 is 2.11 bits per heavy atom. The number of amides is 1. The number of benzene rings is 1. The predicted molar refractivity (Wildman–Crippen MR) is 65.6 cm³/mol. The summed E-state index contributed by atoms with van der Waals surface area (Å²) in [6.07, 6.45) is 0.433. The van der Waals surface area contributed by atoms with Crippen LogP contribution in [0.3, 0.4) is 0 Å². The van der Waals surface area contributed by atoms with Crippen molar-refractivity contribution in [2.24, 2.45) is 11.8 Å². The maximum atomic E-state index is 12.0. The predicted octanol–water partition coefficient (Wildman–Crippen LogP) is 1.38. The van der Waals surface area contributed by atoms with Gasteiger partial charge in [-0.25, -0.2) is 0 Å². The van der Waals surface area contributed by atoms with Crippen molar-refractivity contribution in [2.75, 3.05) is 19.1 Å². The molecule has 0 spiro atoms. The first-order valence-corrected chi connectivity index (χ1v) is 5.69. The first-order chi connectivity index (χ1) is 8.54. The third kappa shape index (κ3) is 2.30. The van der Waals surface area contributed by atoms with E-state index in [0.29, 0.717) is 17.9 Å². The molecule has 96 valence electrons. The summed E-state index contributed by atoms with van der Waals surface area (Å²) < 4.78 is 5.09. The molecule has 1 fully saturated rings. The van der Waals surface area contributed by atoms with Gasteiger partial charge in [0.2, 0.25) is 5.91 Å². The van der Waals surface area contributed by atoms with Gasteiger partial charge in [-0.15, -0.1) is 0 Å². The molecule has 1 saturated carbocycles. The number of methoxy groups -OCH3 is 1.